The summed E-state index contributed by atoms with van der Waals surface area (Å²) in [7, 11) is 0. The van der Waals surface area contributed by atoms with Crippen molar-refractivity contribution in [3.05, 3.63) is 51.7 Å². The molecule has 0 aliphatic heterocycles. The van der Waals surface area contributed by atoms with Crippen LogP contribution in [0.5, 0.6) is 0 Å². The molecule has 17 heavy (non-hydrogen) atoms. The summed E-state index contributed by atoms with van der Waals surface area (Å²) >= 11 is 1.63. The fourth-order valence-corrected chi connectivity index (χ4v) is 2.51. The lowest BCUT2D eigenvalue weighted by atomic mass is 10.1. The van der Waals surface area contributed by atoms with E-state index >= 15 is 0 Å². The molecule has 0 aliphatic rings. The van der Waals surface area contributed by atoms with Crippen LogP contribution in [-0.4, -0.2) is 11.5 Å². The van der Waals surface area contributed by atoms with Crippen LogP contribution in [-0.2, 0) is 12.8 Å². The van der Waals surface area contributed by atoms with Crippen LogP contribution in [0.2, 0.25) is 0 Å². The molecule has 1 heterocycles. The summed E-state index contributed by atoms with van der Waals surface area (Å²) in [6.07, 6.45) is 2.59. The third-order valence-electron chi connectivity index (χ3n) is 2.48. The number of aryl methyl sites for hydroxylation is 1. The van der Waals surface area contributed by atoms with Crippen molar-refractivity contribution in [1.29, 1.82) is 0 Å². The van der Waals surface area contributed by atoms with Crippen molar-refractivity contribution in [2.45, 2.75) is 19.3 Å². The van der Waals surface area contributed by atoms with Gasteiger partial charge in [-0.25, -0.2) is 9.37 Å². The fourth-order valence-electron chi connectivity index (χ4n) is 1.65. The largest absolute Gasteiger partial charge is 0.330 e. The van der Waals surface area contributed by atoms with E-state index in [4.69, 9.17) is 5.73 Å². The van der Waals surface area contributed by atoms with Gasteiger partial charge in [0.2, 0.25) is 0 Å². The summed E-state index contributed by atoms with van der Waals surface area (Å²) < 4.78 is 13.0. The Bertz CT molecular complexity index is 482. The summed E-state index contributed by atoms with van der Waals surface area (Å²) in [6, 6.07) is 6.66. The molecule has 0 spiro atoms. The highest BCUT2D eigenvalue weighted by Gasteiger charge is 2.03. The molecule has 2 aromatic rings. The molecular weight excluding hydrogens is 235 g/mol. The number of hydrogen-bond acceptors (Lipinski definition) is 3. The number of benzene rings is 1. The van der Waals surface area contributed by atoms with Gasteiger partial charge in [0, 0.05) is 11.8 Å². The molecule has 0 aliphatic carbocycles. The van der Waals surface area contributed by atoms with E-state index in [9.17, 15) is 4.39 Å². The van der Waals surface area contributed by atoms with Gasteiger partial charge in [-0.1, -0.05) is 12.1 Å². The molecule has 1 aromatic carbocycles. The van der Waals surface area contributed by atoms with Crippen molar-refractivity contribution in [3.8, 4) is 0 Å². The second kappa shape index (κ2) is 5.89. The molecule has 1 aromatic heterocycles. The molecule has 0 saturated heterocycles. The van der Waals surface area contributed by atoms with Gasteiger partial charge in [-0.05, 0) is 37.1 Å². The molecule has 0 saturated carbocycles. The van der Waals surface area contributed by atoms with Gasteiger partial charge < -0.3 is 5.73 Å². The van der Waals surface area contributed by atoms with Crippen molar-refractivity contribution < 1.29 is 4.39 Å². The Balaban J connectivity index is 2.01. The molecule has 0 radical (unpaired) electrons. The van der Waals surface area contributed by atoms with Crippen molar-refractivity contribution in [3.63, 3.8) is 0 Å². The lowest BCUT2D eigenvalue weighted by Crippen LogP contribution is -2.00. The van der Waals surface area contributed by atoms with Gasteiger partial charge in [-0.2, -0.15) is 0 Å². The Kier molecular flexibility index (Phi) is 4.23. The first-order valence-corrected chi connectivity index (χ1v) is 6.53. The number of rotatable bonds is 5. The topological polar surface area (TPSA) is 38.9 Å². The SMILES string of the molecule is NCCCc1csc(Cc2cccc(F)c2)n1. The lowest BCUT2D eigenvalue weighted by Gasteiger charge is -1.97. The number of thiazole rings is 1. The van der Waals surface area contributed by atoms with E-state index in [2.05, 4.69) is 10.4 Å². The first kappa shape index (κ1) is 12.2. The average molecular weight is 250 g/mol. The van der Waals surface area contributed by atoms with Crippen LogP contribution in [0.15, 0.2) is 29.6 Å². The first-order valence-electron chi connectivity index (χ1n) is 5.65. The highest BCUT2D eigenvalue weighted by atomic mass is 32.1. The maximum absolute atomic E-state index is 13.0. The predicted molar refractivity (Wildman–Crippen MR) is 68.7 cm³/mol. The summed E-state index contributed by atoms with van der Waals surface area (Å²) in [5.74, 6) is -0.192. The monoisotopic (exact) mass is 250 g/mol. The maximum Gasteiger partial charge on any atom is 0.123 e. The number of nitrogens with two attached hydrogens (primary N) is 1. The number of halogens is 1. The molecule has 2 N–H and O–H groups in total. The molecule has 0 unspecified atom stereocenters. The molecule has 4 heteroatoms. The van der Waals surface area contributed by atoms with Gasteiger partial charge in [-0.15, -0.1) is 11.3 Å². The Labute approximate surface area is 104 Å². The van der Waals surface area contributed by atoms with E-state index in [-0.39, 0.29) is 5.82 Å². The van der Waals surface area contributed by atoms with E-state index in [0.717, 1.165) is 29.1 Å². The van der Waals surface area contributed by atoms with Crippen LogP contribution in [0.4, 0.5) is 4.39 Å². The number of nitrogens with zero attached hydrogens (tertiary/aromatic N) is 1. The van der Waals surface area contributed by atoms with Crippen molar-refractivity contribution in [2.24, 2.45) is 5.73 Å². The third kappa shape index (κ3) is 3.61. The molecule has 0 amide bonds. The zero-order valence-corrected chi connectivity index (χ0v) is 10.3. The molecule has 2 nitrogen and oxygen atoms in total. The predicted octanol–water partition coefficient (Wildman–Crippen LogP) is 2.76. The fraction of sp³-hybridized carbons (Fsp3) is 0.308. The Hall–Kier alpha value is -1.26. The third-order valence-corrected chi connectivity index (χ3v) is 3.38. The first-order chi connectivity index (χ1) is 8.28. The second-order valence-corrected chi connectivity index (χ2v) is 4.87. The van der Waals surface area contributed by atoms with Crippen molar-refractivity contribution >= 4 is 11.3 Å². The number of hydrogen-bond donors (Lipinski definition) is 1. The minimum Gasteiger partial charge on any atom is -0.330 e. The highest BCUT2D eigenvalue weighted by Crippen LogP contribution is 2.16. The molecule has 0 bridgehead atoms. The molecular formula is C13H15FN2S. The van der Waals surface area contributed by atoms with Gasteiger partial charge in [0.05, 0.1) is 10.7 Å². The Morgan fingerprint density at radius 1 is 1.35 bits per heavy atom. The molecule has 0 atom stereocenters. The van der Waals surface area contributed by atoms with E-state index in [1.54, 1.807) is 23.5 Å². The van der Waals surface area contributed by atoms with E-state index in [0.29, 0.717) is 13.0 Å². The second-order valence-electron chi connectivity index (χ2n) is 3.93. The lowest BCUT2D eigenvalue weighted by molar-refractivity contribution is 0.626. The van der Waals surface area contributed by atoms with Crippen LogP contribution < -0.4 is 5.73 Å². The van der Waals surface area contributed by atoms with Gasteiger partial charge in [0.25, 0.3) is 0 Å². The normalized spacial score (nSPS) is 10.7. The molecule has 0 fully saturated rings. The zero-order chi connectivity index (χ0) is 12.1. The van der Waals surface area contributed by atoms with Gasteiger partial charge in [0.1, 0.15) is 5.82 Å². The Morgan fingerprint density at radius 2 is 2.24 bits per heavy atom. The van der Waals surface area contributed by atoms with Gasteiger partial charge in [0.15, 0.2) is 0 Å². The molecule has 2 rings (SSSR count). The minimum absolute atomic E-state index is 0.192. The average Bonchev–Trinajstić information content (AvgIpc) is 2.74. The number of aromatic nitrogens is 1. The zero-order valence-electron chi connectivity index (χ0n) is 9.53. The quantitative estimate of drug-likeness (QED) is 0.886. The summed E-state index contributed by atoms with van der Waals surface area (Å²) in [5.41, 5.74) is 7.51. The van der Waals surface area contributed by atoms with E-state index in [1.165, 1.54) is 6.07 Å². The van der Waals surface area contributed by atoms with Crippen LogP contribution in [0.25, 0.3) is 0 Å². The minimum atomic E-state index is -0.192. The van der Waals surface area contributed by atoms with E-state index < -0.39 is 0 Å². The standard InChI is InChI=1S/C13H15FN2S/c14-11-4-1-3-10(7-11)8-13-16-12(9-17-13)5-2-6-15/h1,3-4,7,9H,2,5-6,8,15H2. The van der Waals surface area contributed by atoms with Crippen molar-refractivity contribution in [2.75, 3.05) is 6.54 Å². The van der Waals surface area contributed by atoms with Gasteiger partial charge >= 0.3 is 0 Å². The highest BCUT2D eigenvalue weighted by molar-refractivity contribution is 7.09. The summed E-state index contributed by atoms with van der Waals surface area (Å²) in [6.45, 7) is 0.691. The van der Waals surface area contributed by atoms with Crippen molar-refractivity contribution in [1.82, 2.24) is 4.98 Å². The molecule has 90 valence electrons. The van der Waals surface area contributed by atoms with Gasteiger partial charge in [-0.3, -0.25) is 0 Å². The summed E-state index contributed by atoms with van der Waals surface area (Å²) in [5, 5.41) is 3.09. The maximum atomic E-state index is 13.0. The Morgan fingerprint density at radius 3 is 3.00 bits per heavy atom. The smallest absolute Gasteiger partial charge is 0.123 e. The van der Waals surface area contributed by atoms with E-state index in [1.807, 2.05) is 6.07 Å². The van der Waals surface area contributed by atoms with Crippen LogP contribution in [0.3, 0.4) is 0 Å². The summed E-state index contributed by atoms with van der Waals surface area (Å²) in [4.78, 5) is 4.51. The van der Waals surface area contributed by atoms with Crippen LogP contribution in [0.1, 0.15) is 22.7 Å². The van der Waals surface area contributed by atoms with Crippen LogP contribution in [0, 0.1) is 5.82 Å². The van der Waals surface area contributed by atoms with Crippen LogP contribution >= 0.6 is 11.3 Å².